The van der Waals surface area contributed by atoms with Crippen molar-refractivity contribution in [1.82, 2.24) is 15.0 Å². The van der Waals surface area contributed by atoms with Gasteiger partial charge in [-0.05, 0) is 23.3 Å². The van der Waals surface area contributed by atoms with Gasteiger partial charge < -0.3 is 0 Å². The Morgan fingerprint density at radius 2 is 1.93 bits per heavy atom. The molecule has 0 saturated heterocycles. The van der Waals surface area contributed by atoms with E-state index in [1.807, 2.05) is 60.0 Å². The fourth-order valence-corrected chi connectivity index (χ4v) is 4.00. The molecule has 4 rings (SSSR count). The van der Waals surface area contributed by atoms with Crippen LogP contribution in [-0.4, -0.2) is 21.7 Å². The van der Waals surface area contributed by atoms with Gasteiger partial charge in [0.05, 0.1) is 17.9 Å². The number of hydrogen-bond acceptors (Lipinski definition) is 5. The molecule has 6 nitrogen and oxygen atoms in total. The predicted molar refractivity (Wildman–Crippen MR) is 119 cm³/mol. The molecule has 0 fully saturated rings. The maximum Gasteiger partial charge on any atom is 0.263 e. The van der Waals surface area contributed by atoms with Gasteiger partial charge in [0.15, 0.2) is 0 Å². The van der Waals surface area contributed by atoms with Gasteiger partial charge in [0.25, 0.3) is 11.5 Å². The molecular weight excluding hydrogens is 452 g/mol. The van der Waals surface area contributed by atoms with E-state index >= 15 is 0 Å². The summed E-state index contributed by atoms with van der Waals surface area (Å²) in [6, 6.07) is 17.2. The number of fused-ring (bicyclic) bond motifs is 1. The average molecular weight is 467 g/mol. The molecule has 0 spiro atoms. The molecular formula is C21H15BrN4O2S. The fourth-order valence-electron chi connectivity index (χ4n) is 2.83. The minimum Gasteiger partial charge on any atom is -0.289 e. The Balaban J connectivity index is 1.53. The van der Waals surface area contributed by atoms with E-state index in [-0.39, 0.29) is 12.1 Å². The summed E-state index contributed by atoms with van der Waals surface area (Å²) in [6.07, 6.45) is 2.94. The van der Waals surface area contributed by atoms with Crippen molar-refractivity contribution in [3.63, 3.8) is 0 Å². The third kappa shape index (κ3) is 4.33. The number of amides is 1. The summed E-state index contributed by atoms with van der Waals surface area (Å²) < 4.78 is 2.26. The first-order valence-electron chi connectivity index (χ1n) is 8.71. The number of benzene rings is 2. The molecule has 144 valence electrons. The van der Waals surface area contributed by atoms with E-state index in [9.17, 15) is 9.59 Å². The summed E-state index contributed by atoms with van der Waals surface area (Å²) in [5.74, 6) is -0.405. The van der Waals surface area contributed by atoms with Gasteiger partial charge in [0.1, 0.15) is 11.4 Å². The van der Waals surface area contributed by atoms with Gasteiger partial charge in [-0.15, -0.1) is 11.3 Å². The van der Waals surface area contributed by atoms with E-state index in [0.717, 1.165) is 21.2 Å². The zero-order valence-corrected chi connectivity index (χ0v) is 17.5. The van der Waals surface area contributed by atoms with Crippen LogP contribution in [0.1, 0.15) is 5.56 Å². The van der Waals surface area contributed by atoms with Gasteiger partial charge in [-0.3, -0.25) is 14.2 Å². The molecule has 0 aliphatic rings. The maximum absolute atomic E-state index is 13.0. The minimum absolute atomic E-state index is 0.163. The Morgan fingerprint density at radius 1 is 1.17 bits per heavy atom. The lowest BCUT2D eigenvalue weighted by atomic mass is 10.1. The van der Waals surface area contributed by atoms with E-state index in [4.69, 9.17) is 0 Å². The van der Waals surface area contributed by atoms with Crippen LogP contribution in [0.25, 0.3) is 21.3 Å². The second kappa shape index (κ2) is 8.50. The Labute approximate surface area is 178 Å². The van der Waals surface area contributed by atoms with Gasteiger partial charge >= 0.3 is 0 Å². The van der Waals surface area contributed by atoms with Crippen LogP contribution in [-0.2, 0) is 11.3 Å². The van der Waals surface area contributed by atoms with Crippen molar-refractivity contribution in [2.45, 2.75) is 6.54 Å². The van der Waals surface area contributed by atoms with Crippen LogP contribution < -0.4 is 11.0 Å². The average Bonchev–Trinajstić information content (AvgIpc) is 3.17. The van der Waals surface area contributed by atoms with Crippen LogP contribution >= 0.6 is 27.3 Å². The SMILES string of the molecule is O=C(Cn1cnc2scc(-c3ccccc3)c2c1=O)N/N=C\c1ccc(Br)cc1. The molecule has 2 aromatic heterocycles. The molecule has 0 unspecified atom stereocenters. The van der Waals surface area contributed by atoms with E-state index in [1.54, 1.807) is 6.21 Å². The molecule has 2 aromatic carbocycles. The normalized spacial score (nSPS) is 11.2. The number of nitrogens with one attached hydrogen (secondary N) is 1. The van der Waals surface area contributed by atoms with Crippen LogP contribution in [0.3, 0.4) is 0 Å². The summed E-state index contributed by atoms with van der Waals surface area (Å²) >= 11 is 4.77. The predicted octanol–water partition coefficient (Wildman–Crippen LogP) is 4.04. The lowest BCUT2D eigenvalue weighted by Crippen LogP contribution is -2.30. The highest BCUT2D eigenvalue weighted by Crippen LogP contribution is 2.30. The topological polar surface area (TPSA) is 76.3 Å². The smallest absolute Gasteiger partial charge is 0.263 e. The van der Waals surface area contributed by atoms with E-state index in [2.05, 4.69) is 31.4 Å². The van der Waals surface area contributed by atoms with Gasteiger partial charge in [-0.25, -0.2) is 10.4 Å². The quantitative estimate of drug-likeness (QED) is 0.356. The Bertz CT molecular complexity index is 1250. The molecule has 0 aliphatic carbocycles. The number of carbonyl (C=O) groups excluding carboxylic acids is 1. The van der Waals surface area contributed by atoms with Crippen LogP contribution in [0.5, 0.6) is 0 Å². The summed E-state index contributed by atoms with van der Waals surface area (Å²) in [4.78, 5) is 30.2. The molecule has 4 aromatic rings. The molecule has 0 atom stereocenters. The second-order valence-electron chi connectivity index (χ2n) is 6.22. The first-order chi connectivity index (χ1) is 14.1. The molecule has 0 radical (unpaired) electrons. The highest BCUT2D eigenvalue weighted by atomic mass is 79.9. The first kappa shape index (κ1) is 19.2. The van der Waals surface area contributed by atoms with Crippen LogP contribution in [0, 0.1) is 0 Å². The zero-order chi connectivity index (χ0) is 20.2. The lowest BCUT2D eigenvalue weighted by molar-refractivity contribution is -0.121. The Morgan fingerprint density at radius 3 is 2.69 bits per heavy atom. The highest BCUT2D eigenvalue weighted by Gasteiger charge is 2.14. The summed E-state index contributed by atoms with van der Waals surface area (Å²) in [7, 11) is 0. The third-order valence-corrected chi connectivity index (χ3v) is 5.65. The molecule has 1 N–H and O–H groups in total. The van der Waals surface area contributed by atoms with E-state index in [1.165, 1.54) is 22.2 Å². The maximum atomic E-state index is 13.0. The molecule has 0 saturated carbocycles. The lowest BCUT2D eigenvalue weighted by Gasteiger charge is -2.05. The molecule has 0 bridgehead atoms. The molecule has 0 aliphatic heterocycles. The van der Waals surface area contributed by atoms with Crippen LogP contribution in [0.2, 0.25) is 0 Å². The number of halogens is 1. The monoisotopic (exact) mass is 466 g/mol. The van der Waals surface area contributed by atoms with E-state index < -0.39 is 5.91 Å². The summed E-state index contributed by atoms with van der Waals surface area (Å²) in [6.45, 7) is -0.163. The number of nitrogens with zero attached hydrogens (tertiary/aromatic N) is 3. The molecule has 29 heavy (non-hydrogen) atoms. The van der Waals surface area contributed by atoms with Crippen molar-refractivity contribution >= 4 is 49.6 Å². The van der Waals surface area contributed by atoms with Crippen LogP contribution in [0.15, 0.2) is 80.7 Å². The van der Waals surface area contributed by atoms with Crippen molar-refractivity contribution < 1.29 is 4.79 Å². The van der Waals surface area contributed by atoms with E-state index in [0.29, 0.717) is 10.2 Å². The molecule has 1 amide bonds. The molecule has 8 heteroatoms. The van der Waals surface area contributed by atoms with Crippen molar-refractivity contribution in [3.05, 3.63) is 86.7 Å². The van der Waals surface area contributed by atoms with Crippen molar-refractivity contribution in [1.29, 1.82) is 0 Å². The largest absolute Gasteiger partial charge is 0.289 e. The molecule has 2 heterocycles. The number of carbonyl (C=O) groups is 1. The van der Waals surface area contributed by atoms with Gasteiger partial charge in [0.2, 0.25) is 0 Å². The summed E-state index contributed by atoms with van der Waals surface area (Å²) in [5.41, 5.74) is 4.81. The number of hydrogen-bond donors (Lipinski definition) is 1. The minimum atomic E-state index is -0.405. The number of thiophene rings is 1. The second-order valence-corrected chi connectivity index (χ2v) is 7.99. The van der Waals surface area contributed by atoms with Crippen molar-refractivity contribution in [3.8, 4) is 11.1 Å². The van der Waals surface area contributed by atoms with Crippen molar-refractivity contribution in [2.24, 2.45) is 5.10 Å². The van der Waals surface area contributed by atoms with Crippen molar-refractivity contribution in [2.75, 3.05) is 0 Å². The zero-order valence-electron chi connectivity index (χ0n) is 15.1. The number of aromatic nitrogens is 2. The third-order valence-electron chi connectivity index (χ3n) is 4.23. The fraction of sp³-hybridized carbons (Fsp3) is 0.0476. The Hall–Kier alpha value is -3.10. The van der Waals surface area contributed by atoms with Gasteiger partial charge in [-0.1, -0.05) is 58.4 Å². The number of hydrazone groups is 1. The number of rotatable bonds is 5. The standard InChI is InChI=1S/C21H15BrN4O2S/c22-16-8-6-14(7-9-16)10-24-25-18(27)11-26-13-23-20-19(21(26)28)17(12-29-20)15-4-2-1-3-5-15/h1-10,12-13H,11H2,(H,25,27)/b24-10-. The summed E-state index contributed by atoms with van der Waals surface area (Å²) in [5, 5.41) is 6.38. The van der Waals surface area contributed by atoms with Crippen LogP contribution in [0.4, 0.5) is 0 Å². The first-order valence-corrected chi connectivity index (χ1v) is 10.4. The van der Waals surface area contributed by atoms with Gasteiger partial charge in [-0.2, -0.15) is 5.10 Å². The Kier molecular flexibility index (Phi) is 5.64. The van der Waals surface area contributed by atoms with Gasteiger partial charge in [0, 0.05) is 15.4 Å². The highest BCUT2D eigenvalue weighted by molar-refractivity contribution is 9.10.